The van der Waals surface area contributed by atoms with Gasteiger partial charge in [0.05, 0.1) is 10.2 Å². The number of rotatable bonds is 8. The summed E-state index contributed by atoms with van der Waals surface area (Å²) in [5.74, 6) is 0. The Morgan fingerprint density at radius 1 is 1.42 bits per heavy atom. The van der Waals surface area contributed by atoms with E-state index in [1.54, 1.807) is 18.4 Å². The number of benzene rings is 1. The number of methoxy groups -OCH3 is 1. The van der Waals surface area contributed by atoms with Crippen molar-refractivity contribution in [1.29, 1.82) is 0 Å². The molecule has 0 fully saturated rings. The Hall–Kier alpha value is -0.620. The number of thiazole rings is 1. The van der Waals surface area contributed by atoms with Crippen LogP contribution in [-0.4, -0.2) is 37.0 Å². The molecule has 5 heteroatoms. The predicted molar refractivity (Wildman–Crippen MR) is 84.3 cm³/mol. The van der Waals surface area contributed by atoms with E-state index >= 15 is 0 Å². The lowest BCUT2D eigenvalue weighted by Crippen LogP contribution is -2.24. The van der Waals surface area contributed by atoms with Crippen LogP contribution in [0, 0.1) is 0 Å². The first-order chi connectivity index (χ1) is 9.29. The maximum atomic E-state index is 5.02. The third-order valence-corrected chi connectivity index (χ3v) is 4.94. The number of aromatic nitrogens is 1. The lowest BCUT2D eigenvalue weighted by Gasteiger charge is -2.10. The summed E-state index contributed by atoms with van der Waals surface area (Å²) >= 11 is 3.62. The standard InChI is InChI=1S/C14H20N2OS2/c1-11(10-15-8-5-9-17-2)18-14-16-12-6-3-4-7-13(12)19-14/h3-4,6-7,11,15H,5,8-10H2,1-2H3. The monoisotopic (exact) mass is 296 g/mol. The van der Waals surface area contributed by atoms with Crippen molar-refractivity contribution in [2.24, 2.45) is 0 Å². The highest BCUT2D eigenvalue weighted by Gasteiger charge is 2.08. The maximum Gasteiger partial charge on any atom is 0.151 e. The van der Waals surface area contributed by atoms with Crippen molar-refractivity contribution in [2.45, 2.75) is 22.9 Å². The van der Waals surface area contributed by atoms with Crippen molar-refractivity contribution in [3.8, 4) is 0 Å². The van der Waals surface area contributed by atoms with E-state index in [1.807, 2.05) is 17.8 Å². The molecule has 19 heavy (non-hydrogen) atoms. The summed E-state index contributed by atoms with van der Waals surface area (Å²) < 4.78 is 7.45. The Bertz CT molecular complexity index is 468. The van der Waals surface area contributed by atoms with Crippen LogP contribution in [-0.2, 0) is 4.74 Å². The Balaban J connectivity index is 1.76. The van der Waals surface area contributed by atoms with Gasteiger partial charge in [0.2, 0.25) is 0 Å². The second-order valence-corrected chi connectivity index (χ2v) is 7.14. The van der Waals surface area contributed by atoms with E-state index in [1.165, 1.54) is 4.70 Å². The number of hydrogen-bond acceptors (Lipinski definition) is 5. The smallest absolute Gasteiger partial charge is 0.151 e. The Labute approximate surface area is 122 Å². The third-order valence-electron chi connectivity index (χ3n) is 2.71. The van der Waals surface area contributed by atoms with Gasteiger partial charge in [-0.2, -0.15) is 0 Å². The normalized spacial score (nSPS) is 12.9. The van der Waals surface area contributed by atoms with Gasteiger partial charge in [0.25, 0.3) is 0 Å². The second kappa shape index (κ2) is 7.85. The average Bonchev–Trinajstić information content (AvgIpc) is 2.80. The fourth-order valence-corrected chi connectivity index (χ4v) is 4.11. The highest BCUT2D eigenvalue weighted by molar-refractivity contribution is 8.01. The van der Waals surface area contributed by atoms with E-state index in [-0.39, 0.29) is 0 Å². The van der Waals surface area contributed by atoms with Crippen molar-refractivity contribution >= 4 is 33.3 Å². The number of fused-ring (bicyclic) bond motifs is 1. The van der Waals surface area contributed by atoms with E-state index in [4.69, 9.17) is 4.74 Å². The lowest BCUT2D eigenvalue weighted by molar-refractivity contribution is 0.194. The fourth-order valence-electron chi connectivity index (χ4n) is 1.76. The number of nitrogens with one attached hydrogen (secondary N) is 1. The molecule has 0 radical (unpaired) electrons. The van der Waals surface area contributed by atoms with Gasteiger partial charge in [-0.3, -0.25) is 0 Å². The Morgan fingerprint density at radius 2 is 2.26 bits per heavy atom. The van der Waals surface area contributed by atoms with Gasteiger partial charge in [-0.15, -0.1) is 11.3 Å². The summed E-state index contributed by atoms with van der Waals surface area (Å²) in [6, 6.07) is 8.31. The minimum atomic E-state index is 0.531. The molecule has 2 aromatic rings. The van der Waals surface area contributed by atoms with Crippen molar-refractivity contribution in [3.63, 3.8) is 0 Å². The molecule has 0 aliphatic heterocycles. The Morgan fingerprint density at radius 3 is 3.05 bits per heavy atom. The molecule has 3 nitrogen and oxygen atoms in total. The number of hydrogen-bond donors (Lipinski definition) is 1. The van der Waals surface area contributed by atoms with Crippen molar-refractivity contribution in [2.75, 3.05) is 26.8 Å². The number of thioether (sulfide) groups is 1. The van der Waals surface area contributed by atoms with Crippen LogP contribution in [0.1, 0.15) is 13.3 Å². The van der Waals surface area contributed by atoms with Crippen LogP contribution in [0.4, 0.5) is 0 Å². The summed E-state index contributed by atoms with van der Waals surface area (Å²) in [5.41, 5.74) is 1.11. The zero-order chi connectivity index (χ0) is 13.5. The first-order valence-electron chi connectivity index (χ1n) is 6.51. The van der Waals surface area contributed by atoms with E-state index in [0.717, 1.165) is 36.0 Å². The second-order valence-electron chi connectivity index (χ2n) is 4.43. The molecule has 2 rings (SSSR count). The molecule has 1 aromatic heterocycles. The summed E-state index contributed by atoms with van der Waals surface area (Å²) in [6.45, 7) is 5.08. The van der Waals surface area contributed by atoms with Crippen molar-refractivity contribution < 1.29 is 4.74 Å². The molecule has 0 amide bonds. The molecule has 1 aromatic carbocycles. The molecule has 1 heterocycles. The van der Waals surface area contributed by atoms with Crippen molar-refractivity contribution in [1.82, 2.24) is 10.3 Å². The molecule has 1 atom stereocenters. The van der Waals surface area contributed by atoms with Crippen LogP contribution in [0.15, 0.2) is 28.6 Å². The van der Waals surface area contributed by atoms with E-state index < -0.39 is 0 Å². The quantitative estimate of drug-likeness (QED) is 0.598. The van der Waals surface area contributed by atoms with E-state index in [2.05, 4.69) is 35.4 Å². The molecule has 0 aliphatic rings. The third kappa shape index (κ3) is 4.76. The summed E-state index contributed by atoms with van der Waals surface area (Å²) in [4.78, 5) is 4.64. The Kier molecular flexibility index (Phi) is 6.10. The average molecular weight is 296 g/mol. The summed E-state index contributed by atoms with van der Waals surface area (Å²) in [6.07, 6.45) is 1.06. The molecule has 0 saturated carbocycles. The van der Waals surface area contributed by atoms with Gasteiger partial charge in [-0.1, -0.05) is 30.8 Å². The van der Waals surface area contributed by atoms with Gasteiger partial charge in [-0.05, 0) is 25.1 Å². The van der Waals surface area contributed by atoms with Crippen LogP contribution in [0.3, 0.4) is 0 Å². The van der Waals surface area contributed by atoms with Crippen LogP contribution < -0.4 is 5.32 Å². The SMILES string of the molecule is COCCCNCC(C)Sc1nc2ccccc2s1. The molecule has 1 unspecified atom stereocenters. The van der Waals surface area contributed by atoms with Crippen LogP contribution in [0.2, 0.25) is 0 Å². The molecule has 1 N–H and O–H groups in total. The minimum Gasteiger partial charge on any atom is -0.385 e. The van der Waals surface area contributed by atoms with Gasteiger partial charge in [0.15, 0.2) is 4.34 Å². The zero-order valence-corrected chi connectivity index (χ0v) is 13.0. The van der Waals surface area contributed by atoms with Gasteiger partial charge < -0.3 is 10.1 Å². The maximum absolute atomic E-state index is 5.02. The van der Waals surface area contributed by atoms with Gasteiger partial charge in [0.1, 0.15) is 0 Å². The molecule has 104 valence electrons. The van der Waals surface area contributed by atoms with Gasteiger partial charge in [-0.25, -0.2) is 4.98 Å². The molecule has 0 spiro atoms. The lowest BCUT2D eigenvalue weighted by atomic mass is 10.3. The molecular formula is C14H20N2OS2. The summed E-state index contributed by atoms with van der Waals surface area (Å²) in [7, 11) is 1.74. The minimum absolute atomic E-state index is 0.531. The largest absolute Gasteiger partial charge is 0.385 e. The number of ether oxygens (including phenoxy) is 1. The van der Waals surface area contributed by atoms with E-state index in [0.29, 0.717) is 5.25 Å². The van der Waals surface area contributed by atoms with Crippen LogP contribution in [0.5, 0.6) is 0 Å². The molecule has 0 saturated heterocycles. The first-order valence-corrected chi connectivity index (χ1v) is 8.21. The summed E-state index contributed by atoms with van der Waals surface area (Å²) in [5, 5.41) is 3.98. The predicted octanol–water partition coefficient (Wildman–Crippen LogP) is 3.40. The number of nitrogens with zero attached hydrogens (tertiary/aromatic N) is 1. The van der Waals surface area contributed by atoms with Gasteiger partial charge in [0, 0.05) is 25.5 Å². The first kappa shape index (κ1) is 14.8. The fraction of sp³-hybridized carbons (Fsp3) is 0.500. The molecule has 0 bridgehead atoms. The highest BCUT2D eigenvalue weighted by Crippen LogP contribution is 2.31. The molecule has 0 aliphatic carbocycles. The zero-order valence-electron chi connectivity index (χ0n) is 11.4. The highest BCUT2D eigenvalue weighted by atomic mass is 32.2. The number of para-hydroxylation sites is 1. The van der Waals surface area contributed by atoms with Crippen molar-refractivity contribution in [3.05, 3.63) is 24.3 Å². The topological polar surface area (TPSA) is 34.1 Å². The van der Waals surface area contributed by atoms with Gasteiger partial charge >= 0.3 is 0 Å². The van der Waals surface area contributed by atoms with Crippen LogP contribution >= 0.6 is 23.1 Å². The van der Waals surface area contributed by atoms with E-state index in [9.17, 15) is 0 Å². The van der Waals surface area contributed by atoms with Crippen LogP contribution in [0.25, 0.3) is 10.2 Å². The molecular weight excluding hydrogens is 276 g/mol.